The van der Waals surface area contributed by atoms with Crippen molar-refractivity contribution in [2.75, 3.05) is 11.0 Å². The van der Waals surface area contributed by atoms with Crippen LogP contribution in [0.3, 0.4) is 0 Å². The zero-order valence-corrected chi connectivity index (χ0v) is 11.2. The van der Waals surface area contributed by atoms with Crippen molar-refractivity contribution >= 4 is 22.6 Å². The normalized spacial score (nSPS) is 26.5. The number of hydrogen-bond acceptors (Lipinski definition) is 1. The van der Waals surface area contributed by atoms with Gasteiger partial charge in [-0.25, -0.2) is 0 Å². The van der Waals surface area contributed by atoms with Gasteiger partial charge in [-0.2, -0.15) is 0 Å². The van der Waals surface area contributed by atoms with Crippen LogP contribution in [-0.4, -0.2) is 17.1 Å². The Morgan fingerprint density at radius 2 is 2.13 bits per heavy atom. The molecule has 2 rings (SSSR count). The first-order chi connectivity index (χ1) is 7.31. The molecule has 0 amide bonds. The molecule has 2 heteroatoms. The van der Waals surface area contributed by atoms with Crippen molar-refractivity contribution in [1.82, 2.24) is 0 Å². The van der Waals surface area contributed by atoms with Gasteiger partial charge in [-0.05, 0) is 30.9 Å². The highest BCUT2D eigenvalue weighted by Crippen LogP contribution is 2.30. The Balaban J connectivity index is 2.04. The lowest BCUT2D eigenvalue weighted by atomic mass is 9.89. The molecule has 82 valence electrons. The van der Waals surface area contributed by atoms with Crippen LogP contribution in [0.15, 0.2) is 24.3 Å². The minimum atomic E-state index is 0.492. The van der Waals surface area contributed by atoms with Gasteiger partial charge in [-0.3, -0.25) is 0 Å². The van der Waals surface area contributed by atoms with Gasteiger partial charge in [-0.15, -0.1) is 0 Å². The van der Waals surface area contributed by atoms with E-state index in [4.69, 9.17) is 4.74 Å². The molecule has 1 fully saturated rings. The molecule has 1 aromatic rings. The van der Waals surface area contributed by atoms with Gasteiger partial charge >= 0.3 is 0 Å². The Morgan fingerprint density at radius 1 is 1.33 bits per heavy atom. The summed E-state index contributed by atoms with van der Waals surface area (Å²) in [5.74, 6) is 0.616. The first-order valence-electron chi connectivity index (χ1n) is 5.54. The van der Waals surface area contributed by atoms with E-state index in [9.17, 15) is 0 Å². The molecule has 0 aliphatic carbocycles. The summed E-state index contributed by atoms with van der Waals surface area (Å²) < 4.78 is 6.96. The van der Waals surface area contributed by atoms with Crippen molar-refractivity contribution in [3.05, 3.63) is 35.4 Å². The maximum absolute atomic E-state index is 5.84. The predicted octanol–water partition coefficient (Wildman–Crippen LogP) is 3.69. The number of benzene rings is 1. The van der Waals surface area contributed by atoms with E-state index in [1.807, 2.05) is 0 Å². The third-order valence-corrected chi connectivity index (χ3v) is 4.15. The van der Waals surface area contributed by atoms with Gasteiger partial charge in [0.15, 0.2) is 0 Å². The smallest absolute Gasteiger partial charge is 0.0665 e. The standard InChI is InChI=1S/C13H17IO/c1-10-4-2-3-5-13(10)11-6-7-12(8-14)15-9-11/h2-5,11-12H,6-9H2,1H3. The Hall–Kier alpha value is -0.0900. The van der Waals surface area contributed by atoms with Gasteiger partial charge in [0.05, 0.1) is 12.7 Å². The van der Waals surface area contributed by atoms with E-state index < -0.39 is 0 Å². The Labute approximate surface area is 105 Å². The van der Waals surface area contributed by atoms with Crippen LogP contribution in [0.25, 0.3) is 0 Å². The summed E-state index contributed by atoms with van der Waals surface area (Å²) >= 11 is 2.41. The van der Waals surface area contributed by atoms with Crippen LogP contribution in [0, 0.1) is 6.92 Å². The van der Waals surface area contributed by atoms with E-state index in [1.54, 1.807) is 0 Å². The lowest BCUT2D eigenvalue weighted by Crippen LogP contribution is -2.26. The molecule has 1 aliphatic rings. The summed E-state index contributed by atoms with van der Waals surface area (Å²) in [6.45, 7) is 3.10. The van der Waals surface area contributed by atoms with Crippen LogP contribution in [0.4, 0.5) is 0 Å². The highest BCUT2D eigenvalue weighted by molar-refractivity contribution is 14.1. The highest BCUT2D eigenvalue weighted by atomic mass is 127. The zero-order chi connectivity index (χ0) is 10.7. The molecule has 0 radical (unpaired) electrons. The summed E-state index contributed by atoms with van der Waals surface area (Å²) in [7, 11) is 0. The fourth-order valence-electron chi connectivity index (χ4n) is 2.22. The van der Waals surface area contributed by atoms with Crippen molar-refractivity contribution in [2.24, 2.45) is 0 Å². The van der Waals surface area contributed by atoms with Crippen molar-refractivity contribution in [1.29, 1.82) is 0 Å². The van der Waals surface area contributed by atoms with E-state index in [2.05, 4.69) is 53.8 Å². The summed E-state index contributed by atoms with van der Waals surface area (Å²) in [4.78, 5) is 0. The molecule has 2 atom stereocenters. The number of halogens is 1. The predicted molar refractivity (Wildman–Crippen MR) is 71.8 cm³/mol. The first-order valence-corrected chi connectivity index (χ1v) is 7.07. The van der Waals surface area contributed by atoms with Crippen LogP contribution in [-0.2, 0) is 4.74 Å². The summed E-state index contributed by atoms with van der Waals surface area (Å²) in [5.41, 5.74) is 2.88. The van der Waals surface area contributed by atoms with Crippen LogP contribution >= 0.6 is 22.6 Å². The Bertz CT molecular complexity index is 316. The molecule has 2 unspecified atom stereocenters. The number of ether oxygens (including phenoxy) is 1. The second kappa shape index (κ2) is 5.30. The van der Waals surface area contributed by atoms with E-state index in [-0.39, 0.29) is 0 Å². The molecule has 0 spiro atoms. The maximum Gasteiger partial charge on any atom is 0.0665 e. The van der Waals surface area contributed by atoms with Crippen LogP contribution in [0.2, 0.25) is 0 Å². The van der Waals surface area contributed by atoms with E-state index in [0.717, 1.165) is 11.0 Å². The molecule has 1 aliphatic heterocycles. The first kappa shape index (κ1) is 11.4. The number of hydrogen-bond donors (Lipinski definition) is 0. The molecule has 0 N–H and O–H groups in total. The summed E-state index contributed by atoms with van der Waals surface area (Å²) in [6, 6.07) is 8.68. The van der Waals surface area contributed by atoms with Crippen molar-refractivity contribution in [3.63, 3.8) is 0 Å². The lowest BCUT2D eigenvalue weighted by molar-refractivity contribution is 0.0199. The average molecular weight is 316 g/mol. The molecule has 15 heavy (non-hydrogen) atoms. The SMILES string of the molecule is Cc1ccccc1C1CCC(CI)OC1. The molecule has 0 aromatic heterocycles. The van der Waals surface area contributed by atoms with Gasteiger partial charge in [0.25, 0.3) is 0 Å². The quantitative estimate of drug-likeness (QED) is 0.597. The van der Waals surface area contributed by atoms with Crippen molar-refractivity contribution in [3.8, 4) is 0 Å². The van der Waals surface area contributed by atoms with Gasteiger partial charge < -0.3 is 4.74 Å². The van der Waals surface area contributed by atoms with Crippen LogP contribution in [0.5, 0.6) is 0 Å². The monoisotopic (exact) mass is 316 g/mol. The fourth-order valence-corrected chi connectivity index (χ4v) is 2.91. The fraction of sp³-hybridized carbons (Fsp3) is 0.538. The minimum Gasteiger partial charge on any atom is -0.377 e. The van der Waals surface area contributed by atoms with E-state index in [1.165, 1.54) is 24.0 Å². The summed E-state index contributed by atoms with van der Waals surface area (Å²) in [5, 5.41) is 0. The summed E-state index contributed by atoms with van der Waals surface area (Å²) in [6.07, 6.45) is 2.98. The number of alkyl halides is 1. The van der Waals surface area contributed by atoms with Gasteiger partial charge in [-0.1, -0.05) is 46.9 Å². The maximum atomic E-state index is 5.84. The molecule has 1 saturated heterocycles. The van der Waals surface area contributed by atoms with E-state index in [0.29, 0.717) is 12.0 Å². The number of aryl methyl sites for hydroxylation is 1. The third-order valence-electron chi connectivity index (χ3n) is 3.17. The lowest BCUT2D eigenvalue weighted by Gasteiger charge is -2.29. The Morgan fingerprint density at radius 3 is 2.73 bits per heavy atom. The minimum absolute atomic E-state index is 0.492. The highest BCUT2D eigenvalue weighted by Gasteiger charge is 2.22. The van der Waals surface area contributed by atoms with Gasteiger partial charge in [0, 0.05) is 10.3 Å². The number of rotatable bonds is 2. The second-order valence-electron chi connectivity index (χ2n) is 4.24. The zero-order valence-electron chi connectivity index (χ0n) is 9.08. The third kappa shape index (κ3) is 2.72. The molecule has 1 aromatic carbocycles. The average Bonchev–Trinajstić information content (AvgIpc) is 2.30. The van der Waals surface area contributed by atoms with Crippen molar-refractivity contribution < 1.29 is 4.74 Å². The topological polar surface area (TPSA) is 9.23 Å². The Kier molecular flexibility index (Phi) is 4.03. The largest absolute Gasteiger partial charge is 0.377 e. The van der Waals surface area contributed by atoms with Crippen molar-refractivity contribution in [2.45, 2.75) is 31.8 Å². The molecule has 0 saturated carbocycles. The molecule has 1 heterocycles. The van der Waals surface area contributed by atoms with E-state index >= 15 is 0 Å². The molecule has 1 nitrogen and oxygen atoms in total. The van der Waals surface area contributed by atoms with Gasteiger partial charge in [0.1, 0.15) is 0 Å². The second-order valence-corrected chi connectivity index (χ2v) is 5.12. The molecule has 0 bridgehead atoms. The van der Waals surface area contributed by atoms with Crippen LogP contribution < -0.4 is 0 Å². The molecular formula is C13H17IO. The van der Waals surface area contributed by atoms with Gasteiger partial charge in [0.2, 0.25) is 0 Å². The van der Waals surface area contributed by atoms with Crippen LogP contribution in [0.1, 0.15) is 29.9 Å². The molecular weight excluding hydrogens is 299 g/mol.